The molecule has 14 heteroatoms. The Bertz CT molecular complexity index is 990. The largest absolute Gasteiger partial charge is 0.490 e. The first-order valence-electron chi connectivity index (χ1n) is 11.6. The lowest BCUT2D eigenvalue weighted by atomic mass is 9.84. The average molecular weight is 551 g/mol. The van der Waals surface area contributed by atoms with Crippen LogP contribution in [0.4, 0.5) is 26.3 Å². The van der Waals surface area contributed by atoms with Crippen molar-refractivity contribution in [1.29, 1.82) is 0 Å². The summed E-state index contributed by atoms with van der Waals surface area (Å²) in [5, 5.41) is 14.2. The van der Waals surface area contributed by atoms with Gasteiger partial charge in [0.05, 0.1) is 5.69 Å². The third-order valence-electron chi connectivity index (χ3n) is 6.22. The van der Waals surface area contributed by atoms with Gasteiger partial charge in [-0.15, -0.1) is 0 Å². The summed E-state index contributed by atoms with van der Waals surface area (Å²) in [7, 11) is 0. The molecule has 0 bridgehead atoms. The molecule has 0 unspecified atom stereocenters. The van der Waals surface area contributed by atoms with Crippen molar-refractivity contribution >= 4 is 11.9 Å². The first-order chi connectivity index (χ1) is 17.7. The average Bonchev–Trinajstić information content (AvgIpc) is 3.23. The zero-order valence-corrected chi connectivity index (χ0v) is 20.3. The minimum atomic E-state index is -5.08. The molecular weight excluding hydrogens is 522 g/mol. The van der Waals surface area contributed by atoms with Crippen LogP contribution in [0.25, 0.3) is 0 Å². The highest BCUT2D eigenvalue weighted by molar-refractivity contribution is 5.73. The quantitative estimate of drug-likeness (QED) is 0.541. The van der Waals surface area contributed by atoms with Gasteiger partial charge in [-0.2, -0.15) is 26.3 Å². The van der Waals surface area contributed by atoms with Crippen LogP contribution in [0.2, 0.25) is 0 Å². The number of hydrogen-bond donors (Lipinski definition) is 2. The Balaban J connectivity index is 0.000000301. The summed E-state index contributed by atoms with van der Waals surface area (Å²) in [4.78, 5) is 31.8. The van der Waals surface area contributed by atoms with Gasteiger partial charge in [0.1, 0.15) is 0 Å². The van der Waals surface area contributed by atoms with Crippen LogP contribution >= 0.6 is 0 Å². The van der Waals surface area contributed by atoms with Gasteiger partial charge in [-0.3, -0.25) is 19.8 Å². The highest BCUT2D eigenvalue weighted by atomic mass is 19.4. The van der Waals surface area contributed by atoms with Crippen molar-refractivity contribution in [3.63, 3.8) is 0 Å². The first-order valence-corrected chi connectivity index (χ1v) is 11.6. The van der Waals surface area contributed by atoms with Gasteiger partial charge in [-0.1, -0.05) is 12.1 Å². The Labute approximate surface area is 214 Å². The van der Waals surface area contributed by atoms with Crippen molar-refractivity contribution < 1.29 is 46.1 Å². The van der Waals surface area contributed by atoms with Crippen LogP contribution in [0.1, 0.15) is 36.9 Å². The maximum atomic E-state index is 10.6. The third-order valence-corrected chi connectivity index (χ3v) is 6.22. The number of aliphatic carboxylic acids is 2. The molecule has 2 N–H and O–H groups in total. The van der Waals surface area contributed by atoms with Crippen molar-refractivity contribution in [2.45, 2.75) is 56.7 Å². The van der Waals surface area contributed by atoms with Gasteiger partial charge in [0, 0.05) is 50.3 Å². The lowest BCUT2D eigenvalue weighted by Gasteiger charge is -2.45. The zero-order valence-electron chi connectivity index (χ0n) is 20.3. The number of likely N-dealkylation sites (tertiary alicyclic amines) is 2. The number of piperidine rings is 1. The highest BCUT2D eigenvalue weighted by Crippen LogP contribution is 2.39. The van der Waals surface area contributed by atoms with Crippen molar-refractivity contribution in [2.75, 3.05) is 19.6 Å². The molecular formula is C24H28F6N4O4. The maximum absolute atomic E-state index is 10.6. The smallest absolute Gasteiger partial charge is 0.475 e. The Morgan fingerprint density at radius 2 is 1.45 bits per heavy atom. The summed E-state index contributed by atoms with van der Waals surface area (Å²) in [5.41, 5.74) is 2.94. The molecule has 0 aliphatic carbocycles. The number of rotatable bonds is 4. The molecule has 4 rings (SSSR count). The molecule has 1 spiro atoms. The van der Waals surface area contributed by atoms with E-state index in [2.05, 4.69) is 38.0 Å². The fraction of sp³-hybridized carbons (Fsp3) is 0.500. The number of halogens is 6. The Morgan fingerprint density at radius 1 is 0.842 bits per heavy atom. The van der Waals surface area contributed by atoms with Crippen LogP contribution in [-0.4, -0.2) is 79.4 Å². The number of carboxylic acids is 2. The van der Waals surface area contributed by atoms with Crippen molar-refractivity contribution in [3.05, 3.63) is 60.2 Å². The van der Waals surface area contributed by atoms with E-state index >= 15 is 0 Å². The molecule has 2 saturated heterocycles. The van der Waals surface area contributed by atoms with E-state index in [-0.39, 0.29) is 0 Å². The summed E-state index contributed by atoms with van der Waals surface area (Å²) in [6.07, 6.45) is 0.848. The van der Waals surface area contributed by atoms with E-state index in [0.717, 1.165) is 13.1 Å². The standard InChI is InChI=1S/C20H26N4.2C2HF3O2/c1-2-11-22-19(6-1)17-23-13-8-20(9-14-23)7-4-12-24(20)16-18-5-3-10-21-15-18;2*3-2(4,5)1(6)7/h1-3,5-6,10-11,15H,4,7-9,12-14,16-17H2;2*(H,6,7). The zero-order chi connectivity index (χ0) is 28.4. The number of carbonyl (C=O) groups is 2. The molecule has 2 fully saturated rings. The summed E-state index contributed by atoms with van der Waals surface area (Å²) >= 11 is 0. The molecule has 0 atom stereocenters. The number of alkyl halides is 6. The molecule has 210 valence electrons. The van der Waals surface area contributed by atoms with E-state index in [1.54, 1.807) is 0 Å². The molecule has 2 aromatic rings. The first kappa shape index (κ1) is 31.0. The topological polar surface area (TPSA) is 107 Å². The molecule has 2 aliphatic rings. The lowest BCUT2D eigenvalue weighted by Crippen LogP contribution is -2.51. The number of nitrogens with zero attached hydrogens (tertiary/aromatic N) is 4. The maximum Gasteiger partial charge on any atom is 0.490 e. The molecule has 38 heavy (non-hydrogen) atoms. The molecule has 0 saturated carbocycles. The second-order valence-corrected chi connectivity index (χ2v) is 8.81. The van der Waals surface area contributed by atoms with E-state index in [4.69, 9.17) is 19.8 Å². The Kier molecular flexibility index (Phi) is 11.0. The van der Waals surface area contributed by atoms with Crippen LogP contribution in [0, 0.1) is 0 Å². The van der Waals surface area contributed by atoms with E-state index in [1.807, 2.05) is 30.7 Å². The number of pyridine rings is 2. The van der Waals surface area contributed by atoms with Crippen molar-refractivity contribution in [1.82, 2.24) is 19.8 Å². The van der Waals surface area contributed by atoms with Gasteiger partial charge in [-0.25, -0.2) is 9.59 Å². The van der Waals surface area contributed by atoms with Crippen LogP contribution in [-0.2, 0) is 22.7 Å². The second kappa shape index (κ2) is 13.5. The van der Waals surface area contributed by atoms with E-state index < -0.39 is 24.3 Å². The van der Waals surface area contributed by atoms with Crippen molar-refractivity contribution in [3.8, 4) is 0 Å². The molecule has 2 aromatic heterocycles. The summed E-state index contributed by atoms with van der Waals surface area (Å²) in [5.74, 6) is -5.51. The summed E-state index contributed by atoms with van der Waals surface area (Å²) < 4.78 is 63.5. The monoisotopic (exact) mass is 550 g/mol. The number of aromatic nitrogens is 2. The molecule has 2 aliphatic heterocycles. The third kappa shape index (κ3) is 9.89. The van der Waals surface area contributed by atoms with Crippen LogP contribution in [0.3, 0.4) is 0 Å². The molecule has 0 radical (unpaired) electrons. The van der Waals surface area contributed by atoms with Gasteiger partial charge in [0.2, 0.25) is 0 Å². The van der Waals surface area contributed by atoms with Gasteiger partial charge >= 0.3 is 24.3 Å². The fourth-order valence-corrected chi connectivity index (χ4v) is 4.37. The van der Waals surface area contributed by atoms with Gasteiger partial charge < -0.3 is 10.2 Å². The molecule has 4 heterocycles. The van der Waals surface area contributed by atoms with Gasteiger partial charge in [0.25, 0.3) is 0 Å². The minimum absolute atomic E-state index is 0.413. The Hall–Kier alpha value is -3.26. The summed E-state index contributed by atoms with van der Waals surface area (Å²) in [6.45, 7) is 5.63. The highest BCUT2D eigenvalue weighted by Gasteiger charge is 2.43. The molecule has 0 amide bonds. The minimum Gasteiger partial charge on any atom is -0.475 e. The number of hydrogen-bond acceptors (Lipinski definition) is 6. The predicted molar refractivity (Wildman–Crippen MR) is 123 cm³/mol. The van der Waals surface area contributed by atoms with Crippen LogP contribution in [0.5, 0.6) is 0 Å². The molecule has 8 nitrogen and oxygen atoms in total. The van der Waals surface area contributed by atoms with E-state index in [1.165, 1.54) is 56.6 Å². The van der Waals surface area contributed by atoms with Crippen LogP contribution in [0.15, 0.2) is 48.9 Å². The van der Waals surface area contributed by atoms with E-state index in [0.29, 0.717) is 5.54 Å². The number of carboxylic acid groups (broad SMARTS) is 2. The lowest BCUT2D eigenvalue weighted by molar-refractivity contribution is -0.193. The van der Waals surface area contributed by atoms with E-state index in [9.17, 15) is 26.3 Å². The van der Waals surface area contributed by atoms with Gasteiger partial charge in [0.15, 0.2) is 0 Å². The Morgan fingerprint density at radius 3 is 1.92 bits per heavy atom. The van der Waals surface area contributed by atoms with Crippen LogP contribution < -0.4 is 0 Å². The molecule has 0 aromatic carbocycles. The summed E-state index contributed by atoms with van der Waals surface area (Å²) in [6, 6.07) is 10.5. The van der Waals surface area contributed by atoms with Crippen molar-refractivity contribution in [2.24, 2.45) is 0 Å². The fourth-order valence-electron chi connectivity index (χ4n) is 4.37. The SMILES string of the molecule is O=C(O)C(F)(F)F.O=C(O)C(F)(F)F.c1ccc(CN2CCC3(CCCN3Cc3cccnc3)CC2)nc1. The predicted octanol–water partition coefficient (Wildman–Crippen LogP) is 4.37. The second-order valence-electron chi connectivity index (χ2n) is 8.81. The van der Waals surface area contributed by atoms with Gasteiger partial charge in [-0.05, 0) is 56.0 Å². The normalized spacial score (nSPS) is 17.6.